The second-order valence-corrected chi connectivity index (χ2v) is 4.97. The van der Waals surface area contributed by atoms with Gasteiger partial charge in [-0.05, 0) is 55.3 Å². The molecule has 0 unspecified atom stereocenters. The van der Waals surface area contributed by atoms with Gasteiger partial charge in [0, 0.05) is 11.4 Å². The third kappa shape index (κ3) is 3.85. The predicted octanol–water partition coefficient (Wildman–Crippen LogP) is 3.73. The first kappa shape index (κ1) is 15.6. The third-order valence-corrected chi connectivity index (χ3v) is 3.21. The van der Waals surface area contributed by atoms with Crippen LogP contribution < -0.4 is 10.6 Å². The number of carbonyl (C=O) groups is 2. The van der Waals surface area contributed by atoms with E-state index in [1.54, 1.807) is 24.3 Å². The summed E-state index contributed by atoms with van der Waals surface area (Å²) in [5.41, 5.74) is 3.85. The van der Waals surface area contributed by atoms with Crippen LogP contribution in [0.15, 0.2) is 42.5 Å². The number of nitrogens with one attached hydrogen (secondary N) is 2. The normalized spacial score (nSPS) is 9.95. The van der Waals surface area contributed by atoms with Crippen LogP contribution in [0.25, 0.3) is 0 Å². The van der Waals surface area contributed by atoms with Crippen molar-refractivity contribution in [3.63, 3.8) is 0 Å². The minimum absolute atomic E-state index is 0.334. The van der Waals surface area contributed by atoms with Gasteiger partial charge in [-0.25, -0.2) is 9.59 Å². The number of methoxy groups -OCH3 is 1. The summed E-state index contributed by atoms with van der Waals surface area (Å²) >= 11 is 0. The number of rotatable bonds is 3. The van der Waals surface area contributed by atoms with Crippen molar-refractivity contribution in [3.8, 4) is 0 Å². The molecule has 0 spiro atoms. The summed E-state index contributed by atoms with van der Waals surface area (Å²) in [5, 5.41) is 5.53. The lowest BCUT2D eigenvalue weighted by molar-refractivity contribution is 0.0601. The zero-order valence-electron chi connectivity index (χ0n) is 12.8. The van der Waals surface area contributed by atoms with E-state index in [0.717, 1.165) is 16.8 Å². The predicted molar refractivity (Wildman–Crippen MR) is 86.3 cm³/mol. The van der Waals surface area contributed by atoms with Gasteiger partial charge in [-0.3, -0.25) is 0 Å². The van der Waals surface area contributed by atoms with Gasteiger partial charge < -0.3 is 15.4 Å². The molecule has 5 nitrogen and oxygen atoms in total. The summed E-state index contributed by atoms with van der Waals surface area (Å²) in [7, 11) is 1.33. The quantitative estimate of drug-likeness (QED) is 0.848. The second kappa shape index (κ2) is 6.76. The lowest BCUT2D eigenvalue weighted by Crippen LogP contribution is -2.20. The average Bonchev–Trinajstić information content (AvgIpc) is 2.51. The standard InChI is InChI=1S/C17H18N2O3/c1-11-4-5-12(2)15(10-11)19-17(21)18-14-8-6-13(7-9-14)16(20)22-3/h4-10H,1-3H3,(H2,18,19,21). The summed E-state index contributed by atoms with van der Waals surface area (Å²) in [6.07, 6.45) is 0. The van der Waals surface area contributed by atoms with Crippen molar-refractivity contribution in [3.05, 3.63) is 59.2 Å². The third-order valence-electron chi connectivity index (χ3n) is 3.21. The Hall–Kier alpha value is -2.82. The highest BCUT2D eigenvalue weighted by atomic mass is 16.5. The van der Waals surface area contributed by atoms with E-state index >= 15 is 0 Å². The van der Waals surface area contributed by atoms with Crippen LogP contribution in [0.5, 0.6) is 0 Å². The number of hydrogen-bond acceptors (Lipinski definition) is 3. The van der Waals surface area contributed by atoms with Crippen molar-refractivity contribution in [2.24, 2.45) is 0 Å². The lowest BCUT2D eigenvalue weighted by atomic mass is 10.1. The van der Waals surface area contributed by atoms with Gasteiger partial charge in [0.25, 0.3) is 0 Å². The second-order valence-electron chi connectivity index (χ2n) is 4.97. The summed E-state index contributed by atoms with van der Waals surface area (Å²) in [6, 6.07) is 12.0. The molecule has 0 radical (unpaired) electrons. The van der Waals surface area contributed by atoms with Gasteiger partial charge in [0.05, 0.1) is 12.7 Å². The van der Waals surface area contributed by atoms with Gasteiger partial charge in [0.1, 0.15) is 0 Å². The van der Waals surface area contributed by atoms with E-state index in [9.17, 15) is 9.59 Å². The van der Waals surface area contributed by atoms with Crippen molar-refractivity contribution in [1.82, 2.24) is 0 Å². The maximum Gasteiger partial charge on any atom is 0.337 e. The highest BCUT2D eigenvalue weighted by molar-refractivity contribution is 6.00. The molecule has 0 heterocycles. The average molecular weight is 298 g/mol. The van der Waals surface area contributed by atoms with Gasteiger partial charge in [-0.1, -0.05) is 12.1 Å². The highest BCUT2D eigenvalue weighted by Crippen LogP contribution is 2.17. The minimum Gasteiger partial charge on any atom is -0.465 e. The molecule has 0 saturated carbocycles. The molecule has 0 aliphatic carbocycles. The van der Waals surface area contributed by atoms with Gasteiger partial charge >= 0.3 is 12.0 Å². The molecular formula is C17H18N2O3. The Balaban J connectivity index is 2.03. The molecule has 0 aliphatic heterocycles. The SMILES string of the molecule is COC(=O)c1ccc(NC(=O)Nc2cc(C)ccc2C)cc1. The van der Waals surface area contributed by atoms with E-state index in [-0.39, 0.29) is 6.03 Å². The Morgan fingerprint density at radius 2 is 1.64 bits per heavy atom. The molecule has 114 valence electrons. The Morgan fingerprint density at radius 1 is 0.955 bits per heavy atom. The molecule has 2 amide bonds. The highest BCUT2D eigenvalue weighted by Gasteiger charge is 2.07. The van der Waals surface area contributed by atoms with Crippen molar-refractivity contribution >= 4 is 23.4 Å². The topological polar surface area (TPSA) is 67.4 Å². The molecule has 2 aromatic carbocycles. The number of aryl methyl sites for hydroxylation is 2. The van der Waals surface area contributed by atoms with Crippen LogP contribution in [-0.2, 0) is 4.74 Å². The van der Waals surface area contributed by atoms with Crippen molar-refractivity contribution < 1.29 is 14.3 Å². The van der Waals surface area contributed by atoms with E-state index in [1.807, 2.05) is 32.0 Å². The monoisotopic (exact) mass is 298 g/mol. The fourth-order valence-electron chi connectivity index (χ4n) is 1.96. The first-order valence-corrected chi connectivity index (χ1v) is 6.83. The molecule has 22 heavy (non-hydrogen) atoms. The molecule has 0 aliphatic rings. The fourth-order valence-corrected chi connectivity index (χ4v) is 1.96. The number of carbonyl (C=O) groups excluding carboxylic acids is 2. The van der Waals surface area contributed by atoms with Crippen LogP contribution in [0, 0.1) is 13.8 Å². The van der Waals surface area contributed by atoms with Crippen molar-refractivity contribution in [2.45, 2.75) is 13.8 Å². The van der Waals surface area contributed by atoms with Gasteiger partial charge in [0.15, 0.2) is 0 Å². The molecule has 2 N–H and O–H groups in total. The molecule has 2 aromatic rings. The maximum absolute atomic E-state index is 12.0. The lowest BCUT2D eigenvalue weighted by Gasteiger charge is -2.11. The largest absolute Gasteiger partial charge is 0.465 e. The van der Waals surface area contributed by atoms with E-state index < -0.39 is 5.97 Å². The van der Waals surface area contributed by atoms with Gasteiger partial charge in [0.2, 0.25) is 0 Å². The Morgan fingerprint density at radius 3 is 2.27 bits per heavy atom. The number of ether oxygens (including phenoxy) is 1. The van der Waals surface area contributed by atoms with Crippen LogP contribution in [0.1, 0.15) is 21.5 Å². The number of urea groups is 1. The molecule has 0 atom stereocenters. The fraction of sp³-hybridized carbons (Fsp3) is 0.176. The summed E-state index contributed by atoms with van der Waals surface area (Å²) in [6.45, 7) is 3.90. The van der Waals surface area contributed by atoms with Gasteiger partial charge in [-0.2, -0.15) is 0 Å². The molecule has 0 bridgehead atoms. The summed E-state index contributed by atoms with van der Waals surface area (Å²) in [5.74, 6) is -0.411. The molecule has 5 heteroatoms. The Labute approximate surface area is 129 Å². The molecule has 0 fully saturated rings. The van der Waals surface area contributed by atoms with Crippen molar-refractivity contribution in [1.29, 1.82) is 0 Å². The van der Waals surface area contributed by atoms with Crippen LogP contribution in [0.2, 0.25) is 0 Å². The zero-order chi connectivity index (χ0) is 16.1. The molecule has 2 rings (SSSR count). The first-order chi connectivity index (χ1) is 10.5. The summed E-state index contributed by atoms with van der Waals surface area (Å²) < 4.78 is 4.62. The molecular weight excluding hydrogens is 280 g/mol. The van der Waals surface area contributed by atoms with E-state index in [0.29, 0.717) is 11.3 Å². The molecule has 0 saturated heterocycles. The van der Waals surface area contributed by atoms with Crippen LogP contribution in [0.3, 0.4) is 0 Å². The van der Waals surface area contributed by atoms with E-state index in [4.69, 9.17) is 0 Å². The molecule has 0 aromatic heterocycles. The Bertz CT molecular complexity index is 694. The van der Waals surface area contributed by atoms with Crippen molar-refractivity contribution in [2.75, 3.05) is 17.7 Å². The van der Waals surface area contributed by atoms with Crippen LogP contribution in [-0.4, -0.2) is 19.1 Å². The van der Waals surface area contributed by atoms with E-state index in [2.05, 4.69) is 15.4 Å². The number of esters is 1. The van der Waals surface area contributed by atoms with Gasteiger partial charge in [-0.15, -0.1) is 0 Å². The van der Waals surface area contributed by atoms with Crippen LogP contribution in [0.4, 0.5) is 16.2 Å². The summed E-state index contributed by atoms with van der Waals surface area (Å²) in [4.78, 5) is 23.3. The minimum atomic E-state index is -0.411. The van der Waals surface area contributed by atoms with E-state index in [1.165, 1.54) is 7.11 Å². The zero-order valence-corrected chi connectivity index (χ0v) is 12.8. The number of amides is 2. The van der Waals surface area contributed by atoms with Crippen LogP contribution >= 0.6 is 0 Å². The number of anilines is 2. The Kier molecular flexibility index (Phi) is 4.78. The number of benzene rings is 2. The smallest absolute Gasteiger partial charge is 0.337 e. The number of hydrogen-bond donors (Lipinski definition) is 2. The first-order valence-electron chi connectivity index (χ1n) is 6.83. The maximum atomic E-state index is 12.0.